The minimum atomic E-state index is 0.471. The normalized spacial score (nSPS) is 11.6. The summed E-state index contributed by atoms with van der Waals surface area (Å²) >= 11 is 22.8. The maximum Gasteiger partial charge on any atom is 0.152 e. The van der Waals surface area contributed by atoms with Gasteiger partial charge in [0.15, 0.2) is 5.58 Å². The lowest BCUT2D eigenvalue weighted by molar-refractivity contribution is 0.664. The van der Waals surface area contributed by atoms with Gasteiger partial charge in [-0.1, -0.05) is 35.3 Å². The first kappa shape index (κ1) is 13.3. The van der Waals surface area contributed by atoms with Gasteiger partial charge in [0.05, 0.1) is 23.5 Å². The zero-order valence-corrected chi connectivity index (χ0v) is 14.8. The van der Waals surface area contributed by atoms with Crippen LogP contribution in [0.25, 0.3) is 21.9 Å². The molecule has 0 N–H and O–H groups in total. The molecule has 18 heavy (non-hydrogen) atoms. The third-order valence-corrected chi connectivity index (χ3v) is 6.45. The van der Waals surface area contributed by atoms with Crippen LogP contribution in [0.15, 0.2) is 36.0 Å². The monoisotopic (exact) mass is 470 g/mol. The molecule has 0 aliphatic heterocycles. The van der Waals surface area contributed by atoms with E-state index in [1.807, 2.05) is 18.2 Å². The Kier molecular flexibility index (Phi) is 3.44. The Morgan fingerprint density at radius 3 is 2.33 bits per heavy atom. The third-order valence-electron chi connectivity index (χ3n) is 2.66. The molecule has 0 amide bonds. The Bertz CT molecular complexity index is 795. The summed E-state index contributed by atoms with van der Waals surface area (Å²) in [7, 11) is 0. The number of hydrogen-bond acceptors (Lipinski definition) is 1. The van der Waals surface area contributed by atoms with Crippen LogP contribution >= 0.6 is 71.0 Å². The third kappa shape index (κ3) is 1.77. The first-order chi connectivity index (χ1) is 8.52. The van der Waals surface area contributed by atoms with Crippen LogP contribution in [-0.4, -0.2) is 0 Å². The van der Waals surface area contributed by atoms with Crippen molar-refractivity contribution in [2.45, 2.75) is 0 Å². The SMILES string of the molecule is Clc1c(Br)c(Br)c2oc3c(Br)cccc3c2c1Cl. The molecule has 0 spiro atoms. The van der Waals surface area contributed by atoms with Crippen molar-refractivity contribution in [1.82, 2.24) is 0 Å². The molecular formula is C12H3Br3Cl2O. The Hall–Kier alpha value is 0.260. The van der Waals surface area contributed by atoms with E-state index in [1.165, 1.54) is 0 Å². The summed E-state index contributed by atoms with van der Waals surface area (Å²) in [5.41, 5.74) is 1.43. The highest BCUT2D eigenvalue weighted by atomic mass is 79.9. The van der Waals surface area contributed by atoms with Gasteiger partial charge in [-0.3, -0.25) is 0 Å². The lowest BCUT2D eigenvalue weighted by atomic mass is 10.1. The second-order valence-electron chi connectivity index (χ2n) is 3.68. The van der Waals surface area contributed by atoms with Gasteiger partial charge < -0.3 is 4.42 Å². The van der Waals surface area contributed by atoms with E-state index < -0.39 is 0 Å². The molecule has 0 bridgehead atoms. The molecule has 0 saturated heterocycles. The van der Waals surface area contributed by atoms with Gasteiger partial charge in [0.2, 0.25) is 0 Å². The van der Waals surface area contributed by atoms with Crippen LogP contribution in [0.4, 0.5) is 0 Å². The van der Waals surface area contributed by atoms with E-state index in [-0.39, 0.29) is 0 Å². The summed E-state index contributed by atoms with van der Waals surface area (Å²) in [4.78, 5) is 0. The van der Waals surface area contributed by atoms with E-state index in [2.05, 4.69) is 47.8 Å². The predicted molar refractivity (Wildman–Crippen MR) is 86.8 cm³/mol. The van der Waals surface area contributed by atoms with Gasteiger partial charge in [-0.05, 0) is 53.9 Å². The van der Waals surface area contributed by atoms with E-state index in [4.69, 9.17) is 27.6 Å². The number of halogens is 5. The fourth-order valence-electron chi connectivity index (χ4n) is 1.86. The van der Waals surface area contributed by atoms with E-state index in [0.717, 1.165) is 25.3 Å². The van der Waals surface area contributed by atoms with Gasteiger partial charge >= 0.3 is 0 Å². The van der Waals surface area contributed by atoms with Crippen molar-refractivity contribution in [3.8, 4) is 0 Å². The Labute approximate surface area is 138 Å². The molecule has 0 unspecified atom stereocenters. The van der Waals surface area contributed by atoms with E-state index in [0.29, 0.717) is 20.1 Å². The second kappa shape index (κ2) is 4.67. The van der Waals surface area contributed by atoms with Crippen molar-refractivity contribution < 1.29 is 4.42 Å². The number of para-hydroxylation sites is 1. The van der Waals surface area contributed by atoms with Crippen molar-refractivity contribution in [2.24, 2.45) is 0 Å². The van der Waals surface area contributed by atoms with Crippen molar-refractivity contribution in [3.05, 3.63) is 41.7 Å². The van der Waals surface area contributed by atoms with Crippen molar-refractivity contribution >= 4 is 92.9 Å². The number of fused-ring (bicyclic) bond motifs is 3. The van der Waals surface area contributed by atoms with Crippen molar-refractivity contribution in [3.63, 3.8) is 0 Å². The molecule has 3 aromatic rings. The van der Waals surface area contributed by atoms with Crippen LogP contribution in [-0.2, 0) is 0 Å². The van der Waals surface area contributed by atoms with Gasteiger partial charge in [0, 0.05) is 10.8 Å². The molecular weight excluding hydrogens is 471 g/mol. The zero-order valence-electron chi connectivity index (χ0n) is 8.53. The molecule has 0 radical (unpaired) electrons. The lowest BCUT2D eigenvalue weighted by Crippen LogP contribution is -1.78. The maximum absolute atomic E-state index is 6.32. The molecule has 92 valence electrons. The molecule has 0 saturated carbocycles. The highest BCUT2D eigenvalue weighted by Gasteiger charge is 2.20. The molecule has 0 aliphatic rings. The average Bonchev–Trinajstić information content (AvgIpc) is 2.75. The molecule has 2 aromatic carbocycles. The highest BCUT2D eigenvalue weighted by Crippen LogP contribution is 2.47. The molecule has 1 aromatic heterocycles. The molecule has 6 heteroatoms. The van der Waals surface area contributed by atoms with E-state index in [1.54, 1.807) is 0 Å². The summed E-state index contributed by atoms with van der Waals surface area (Å²) in [5.74, 6) is 0. The van der Waals surface area contributed by atoms with Crippen LogP contribution in [0, 0.1) is 0 Å². The topological polar surface area (TPSA) is 13.1 Å². The zero-order chi connectivity index (χ0) is 13.0. The first-order valence-electron chi connectivity index (χ1n) is 4.85. The van der Waals surface area contributed by atoms with Crippen molar-refractivity contribution in [1.29, 1.82) is 0 Å². The largest absolute Gasteiger partial charge is 0.454 e. The van der Waals surface area contributed by atoms with Gasteiger partial charge in [-0.15, -0.1) is 0 Å². The molecule has 1 nitrogen and oxygen atoms in total. The fourth-order valence-corrected chi connectivity index (χ4v) is 3.86. The van der Waals surface area contributed by atoms with Crippen LogP contribution in [0.1, 0.15) is 0 Å². The Morgan fingerprint density at radius 1 is 0.889 bits per heavy atom. The Morgan fingerprint density at radius 2 is 1.61 bits per heavy atom. The van der Waals surface area contributed by atoms with Crippen LogP contribution in [0.2, 0.25) is 10.0 Å². The second-order valence-corrected chi connectivity index (χ2v) is 6.87. The number of hydrogen-bond donors (Lipinski definition) is 0. The number of furan rings is 1. The predicted octanol–water partition coefficient (Wildman–Crippen LogP) is 7.18. The average molecular weight is 474 g/mol. The standard InChI is InChI=1S/C12H3Br3Cl2O/c13-5-3-1-2-4-6-9(16)10(17)7(14)8(15)12(6)18-11(4)5/h1-3H. The minimum absolute atomic E-state index is 0.471. The summed E-state index contributed by atoms with van der Waals surface area (Å²) in [6.45, 7) is 0. The molecule has 0 aliphatic carbocycles. The minimum Gasteiger partial charge on any atom is -0.454 e. The van der Waals surface area contributed by atoms with E-state index in [9.17, 15) is 0 Å². The van der Waals surface area contributed by atoms with Gasteiger partial charge in [0.1, 0.15) is 5.58 Å². The fraction of sp³-hybridized carbons (Fsp3) is 0. The highest BCUT2D eigenvalue weighted by molar-refractivity contribution is 9.13. The summed E-state index contributed by atoms with van der Waals surface area (Å²) in [6, 6.07) is 5.80. The first-order valence-corrected chi connectivity index (χ1v) is 7.98. The van der Waals surface area contributed by atoms with Gasteiger partial charge in [-0.25, -0.2) is 0 Å². The summed E-state index contributed by atoms with van der Waals surface area (Å²) in [6.07, 6.45) is 0. The van der Waals surface area contributed by atoms with Gasteiger partial charge in [-0.2, -0.15) is 0 Å². The van der Waals surface area contributed by atoms with Crippen LogP contribution in [0.5, 0.6) is 0 Å². The number of benzene rings is 2. The molecule has 0 atom stereocenters. The number of rotatable bonds is 0. The van der Waals surface area contributed by atoms with Gasteiger partial charge in [0.25, 0.3) is 0 Å². The summed E-state index contributed by atoms with van der Waals surface area (Å²) in [5, 5.41) is 2.70. The van der Waals surface area contributed by atoms with Crippen molar-refractivity contribution in [2.75, 3.05) is 0 Å². The summed E-state index contributed by atoms with van der Waals surface area (Å²) < 4.78 is 8.20. The maximum atomic E-state index is 6.32. The molecule has 3 rings (SSSR count). The van der Waals surface area contributed by atoms with Crippen LogP contribution < -0.4 is 0 Å². The van der Waals surface area contributed by atoms with Crippen LogP contribution in [0.3, 0.4) is 0 Å². The molecule has 0 fully saturated rings. The lowest BCUT2D eigenvalue weighted by Gasteiger charge is -2.03. The Balaban J connectivity index is 2.67. The smallest absolute Gasteiger partial charge is 0.152 e. The van der Waals surface area contributed by atoms with E-state index >= 15 is 0 Å². The molecule has 1 heterocycles. The quantitative estimate of drug-likeness (QED) is 0.249.